The third-order valence-corrected chi connectivity index (χ3v) is 14.4. The Morgan fingerprint density at radius 2 is 1.33 bits per heavy atom. The lowest BCUT2D eigenvalue weighted by Crippen LogP contribution is -2.46. The van der Waals surface area contributed by atoms with E-state index in [0.29, 0.717) is 39.4 Å². The minimum atomic E-state index is -1.25. The Morgan fingerprint density at radius 1 is 0.761 bits per heavy atom. The van der Waals surface area contributed by atoms with Crippen molar-refractivity contribution in [3.63, 3.8) is 0 Å². The number of benzene rings is 3. The van der Waals surface area contributed by atoms with E-state index in [1.54, 1.807) is 49.4 Å². The van der Waals surface area contributed by atoms with Crippen LogP contribution in [-0.2, 0) is 35.8 Å². The van der Waals surface area contributed by atoms with Crippen molar-refractivity contribution in [2.75, 3.05) is 64.2 Å². The highest BCUT2D eigenvalue weighted by Crippen LogP contribution is 2.41. The number of carbonyl (C=O) groups is 7. The van der Waals surface area contributed by atoms with Crippen molar-refractivity contribution in [2.45, 2.75) is 83.7 Å². The van der Waals surface area contributed by atoms with Crippen LogP contribution in [-0.4, -0.2) is 119 Å². The zero-order valence-electron chi connectivity index (χ0n) is 49.8. The first kappa shape index (κ1) is 69.7. The number of carboxylic acid groups (broad SMARTS) is 1. The number of rotatable bonds is 19. The van der Waals surface area contributed by atoms with E-state index in [1.807, 2.05) is 36.4 Å². The first-order valence-corrected chi connectivity index (χ1v) is 28.7. The number of carbonyl (C=O) groups excluding carboxylic acids is 6. The molecule has 4 heterocycles. The second kappa shape index (κ2) is 32.6. The van der Waals surface area contributed by atoms with Crippen LogP contribution in [0.2, 0.25) is 10.3 Å². The molecule has 0 aliphatic carbocycles. The Morgan fingerprint density at radius 3 is 1.86 bits per heavy atom. The fraction of sp³-hybridized carbons (Fsp3) is 0.349. The van der Waals surface area contributed by atoms with E-state index in [-0.39, 0.29) is 127 Å². The molecule has 14 N–H and O–H groups in total. The van der Waals surface area contributed by atoms with Crippen LogP contribution in [0.4, 0.5) is 17.5 Å². The van der Waals surface area contributed by atoms with Gasteiger partial charge in [0.1, 0.15) is 69.6 Å². The van der Waals surface area contributed by atoms with Gasteiger partial charge in [0.25, 0.3) is 0 Å². The predicted molar refractivity (Wildman–Crippen MR) is 335 cm³/mol. The van der Waals surface area contributed by atoms with Crippen LogP contribution in [0.3, 0.4) is 0 Å². The molecule has 1 aliphatic heterocycles. The fourth-order valence-corrected chi connectivity index (χ4v) is 9.66. The van der Waals surface area contributed by atoms with Crippen LogP contribution < -0.4 is 49.2 Å². The highest BCUT2D eigenvalue weighted by Gasteiger charge is 2.36. The first-order valence-electron chi connectivity index (χ1n) is 28.0. The average molecular weight is 1250 g/mol. The predicted octanol–water partition coefficient (Wildman–Crippen LogP) is 7.34. The minimum absolute atomic E-state index is 0.0190. The molecular formula is C63H74Cl2N12O11. The third kappa shape index (κ3) is 19.0. The van der Waals surface area contributed by atoms with E-state index < -0.39 is 59.2 Å². The first-order chi connectivity index (χ1) is 41.8. The van der Waals surface area contributed by atoms with E-state index >= 15 is 0 Å². The van der Waals surface area contributed by atoms with Crippen molar-refractivity contribution in [1.82, 2.24) is 25.2 Å². The number of nitriles is 1. The maximum atomic E-state index is 14.7. The molecule has 1 aliphatic rings. The molecule has 2 amide bonds. The van der Waals surface area contributed by atoms with Crippen molar-refractivity contribution < 1.29 is 52.9 Å². The molecule has 25 heteroatoms. The summed E-state index contributed by atoms with van der Waals surface area (Å²) in [6.07, 6.45) is -0.477. The number of carboxylic acids is 1. The third-order valence-electron chi connectivity index (χ3n) is 14.0. The monoisotopic (exact) mass is 1240 g/mol. The molecule has 0 spiro atoms. The quantitative estimate of drug-likeness (QED) is 0.0223. The van der Waals surface area contributed by atoms with Crippen molar-refractivity contribution >= 4 is 81.8 Å². The number of nitrogens with two attached hydrogens (primary N) is 6. The van der Waals surface area contributed by atoms with Crippen molar-refractivity contribution in [2.24, 2.45) is 29.0 Å². The van der Waals surface area contributed by atoms with Gasteiger partial charge in [-0.2, -0.15) is 5.26 Å². The second-order valence-electron chi connectivity index (χ2n) is 21.5. The molecule has 7 rings (SSSR count). The molecule has 23 nitrogen and oxygen atoms in total. The molecule has 6 aromatic rings. The Balaban J connectivity index is 0.000000506. The Labute approximate surface area is 520 Å². The molecular weight excluding hydrogens is 1170 g/mol. The van der Waals surface area contributed by atoms with E-state index in [2.05, 4.69) is 45.8 Å². The summed E-state index contributed by atoms with van der Waals surface area (Å²) in [5, 5.41) is 21.0. The van der Waals surface area contributed by atoms with Crippen LogP contribution in [0.25, 0.3) is 22.4 Å². The average Bonchev–Trinajstić information content (AvgIpc) is 1.73. The number of halogens is 2. The summed E-state index contributed by atoms with van der Waals surface area (Å²) in [5.74, 6) is -4.92. The number of fused-ring (bicyclic) bond motifs is 5. The van der Waals surface area contributed by atoms with Gasteiger partial charge in [-0.25, -0.2) is 24.5 Å². The van der Waals surface area contributed by atoms with Gasteiger partial charge < -0.3 is 63.9 Å². The zero-order chi connectivity index (χ0) is 65.0. The van der Waals surface area contributed by atoms with Gasteiger partial charge >= 0.3 is 11.9 Å². The molecule has 3 aromatic heterocycles. The van der Waals surface area contributed by atoms with Crippen molar-refractivity contribution in [3.05, 3.63) is 141 Å². The van der Waals surface area contributed by atoms with Gasteiger partial charge in [0.05, 0.1) is 30.5 Å². The van der Waals surface area contributed by atoms with Gasteiger partial charge in [-0.1, -0.05) is 87.3 Å². The van der Waals surface area contributed by atoms with E-state index in [1.165, 1.54) is 43.3 Å². The Kier molecular flexibility index (Phi) is 25.8. The number of pyridine rings is 3. The van der Waals surface area contributed by atoms with E-state index in [9.17, 15) is 38.8 Å². The maximum Gasteiger partial charge on any atom is 0.341 e. The van der Waals surface area contributed by atoms with Gasteiger partial charge in [0.15, 0.2) is 17.3 Å². The molecule has 466 valence electrons. The number of nitrogens with zero attached hydrogens (tertiary/aromatic N) is 5. The molecule has 3 aromatic carbocycles. The lowest BCUT2D eigenvalue weighted by molar-refractivity contribution is -0.142. The van der Waals surface area contributed by atoms with Crippen molar-refractivity contribution in [3.8, 4) is 40.0 Å². The summed E-state index contributed by atoms with van der Waals surface area (Å²) in [6, 6.07) is 27.1. The topological polar surface area (TPSA) is 401 Å². The van der Waals surface area contributed by atoms with Gasteiger partial charge in [-0.3, -0.25) is 24.0 Å². The van der Waals surface area contributed by atoms with Gasteiger partial charge in [0.2, 0.25) is 11.8 Å². The lowest BCUT2D eigenvalue weighted by atomic mass is 9.86. The number of nitrogens with one attached hydrogen (secondary N) is 1. The molecule has 0 radical (unpaired) electrons. The number of ketones is 3. The number of hydrogen-bond donors (Lipinski definition) is 8. The summed E-state index contributed by atoms with van der Waals surface area (Å²) >= 11 is 11.0. The van der Waals surface area contributed by atoms with Crippen LogP contribution in [0.5, 0.6) is 11.5 Å². The van der Waals surface area contributed by atoms with Gasteiger partial charge in [0, 0.05) is 74.3 Å². The van der Waals surface area contributed by atoms with Crippen LogP contribution in [0.1, 0.15) is 114 Å². The zero-order valence-corrected chi connectivity index (χ0v) is 51.3. The molecule has 88 heavy (non-hydrogen) atoms. The molecule has 4 atom stereocenters. The number of esters is 1. The number of methoxy groups -OCH3 is 1. The van der Waals surface area contributed by atoms with Crippen molar-refractivity contribution in [1.29, 1.82) is 5.26 Å². The summed E-state index contributed by atoms with van der Waals surface area (Å²) in [4.78, 5) is 105. The summed E-state index contributed by atoms with van der Waals surface area (Å²) in [7, 11) is 2.76. The van der Waals surface area contributed by atoms with Crippen LogP contribution in [0.15, 0.2) is 97.1 Å². The number of likely N-dealkylation sites (N-methyl/N-ethyl adjacent to an activating group) is 1. The number of amides is 2. The number of anilines is 3. The maximum absolute atomic E-state index is 14.7. The number of hydrogen-bond acceptors (Lipinski definition) is 20. The lowest BCUT2D eigenvalue weighted by Gasteiger charge is -2.32. The highest BCUT2D eigenvalue weighted by molar-refractivity contribution is 6.30. The SMILES string of the molecule is COC(=O)c1ccc(Cl)nc1N.C[C@@H]1CC(=O)[C@@H](N(C)C(=O)[C@H](CCN)CC(=O)c2ccc(-c3ccc(C(C)(C)C)cc3)nc2N)c2ccc(OCCN)c(c2)-c2cc(ccc2OCCN)C[C@@H](C(=O)CCC#N)NC1=O.Nc1nc(Cl)ccc1C(=O)O. The van der Waals surface area contributed by atoms with E-state index in [0.717, 1.165) is 11.1 Å². The number of nitrogen functional groups attached to an aromatic ring is 3. The van der Waals surface area contributed by atoms with Crippen LogP contribution in [0, 0.1) is 23.2 Å². The molecule has 0 fully saturated rings. The normalized spacial score (nSPS) is 15.0. The van der Waals surface area contributed by atoms with Crippen LogP contribution >= 0.6 is 23.2 Å². The number of aromatic carboxylic acids is 1. The second-order valence-corrected chi connectivity index (χ2v) is 22.2. The Bertz CT molecular complexity index is 3540. The number of ether oxygens (including phenoxy) is 3. The minimum Gasteiger partial charge on any atom is -0.492 e. The highest BCUT2D eigenvalue weighted by atomic mass is 35.5. The Hall–Kier alpha value is -9.05. The standard InChI is InChI=1S/C50H62N8O7.C7H7ClN2O2.C6H5ClN2O2/c1-30-25-43(61)46(58(5)49(63)34(18-20-52)29-42(60)36-14-15-39(56-47(36)55)32-9-12-35(13-10-32)50(2,3)4)33-11-17-45(65-24-22-54)38(28-33)37-26-31(8-16-44(37)64-23-21-53)27-40(57-48(30)62)41(59)7-6-19-51;1-12-7(11)4-2-3-5(8)10-6(4)9;7-4-2-1-3(6(10)11)5(8)9-4/h8-17,26,28,30,34,40,46H,6-7,18,20-25,27,29,52-54H2,1-5H3,(H2,55,56)(H,57,62);2-3H,1H3,(H2,9,10);1-2H,(H2,8,9)(H,10,11)/t30-,34-,40+,46+;;/m1../s1. The largest absolute Gasteiger partial charge is 0.492 e. The number of Topliss-reactive ketones (excluding diaryl/α,β-unsaturated/α-hetero) is 3. The summed E-state index contributed by atoms with van der Waals surface area (Å²) < 4.78 is 16.7. The smallest absolute Gasteiger partial charge is 0.341 e. The molecule has 0 saturated carbocycles. The van der Waals surface area contributed by atoms with Gasteiger partial charge in [-0.15, -0.1) is 0 Å². The number of aromatic nitrogens is 3. The van der Waals surface area contributed by atoms with Gasteiger partial charge in [-0.05, 0) is 102 Å². The molecule has 4 bridgehead atoms. The molecule has 0 saturated heterocycles. The fourth-order valence-electron chi connectivity index (χ4n) is 9.35. The summed E-state index contributed by atoms with van der Waals surface area (Å²) in [5.41, 5.74) is 39.8. The molecule has 0 unspecified atom stereocenters. The van der Waals surface area contributed by atoms with E-state index in [4.69, 9.17) is 72.2 Å². The summed E-state index contributed by atoms with van der Waals surface area (Å²) in [6.45, 7) is 8.79.